The van der Waals surface area contributed by atoms with Gasteiger partial charge >= 0.3 is 0 Å². The van der Waals surface area contributed by atoms with Crippen LogP contribution in [0.4, 0.5) is 0 Å². The molecule has 4 rings (SSSR count). The first-order valence-electron chi connectivity index (χ1n) is 8.91. The number of benzene rings is 3. The summed E-state index contributed by atoms with van der Waals surface area (Å²) in [7, 11) is 0. The number of fused-ring (bicyclic) bond motifs is 1. The van der Waals surface area contributed by atoms with E-state index >= 15 is 0 Å². The second-order valence-electron chi connectivity index (χ2n) is 6.58. The van der Waals surface area contributed by atoms with E-state index < -0.39 is 5.78 Å². The van der Waals surface area contributed by atoms with Gasteiger partial charge in [-0.3, -0.25) is 9.59 Å². The van der Waals surface area contributed by atoms with Crippen LogP contribution in [-0.2, 0) is 0 Å². The van der Waals surface area contributed by atoms with Crippen LogP contribution in [0.25, 0.3) is 22.1 Å². The highest BCUT2D eigenvalue weighted by Crippen LogP contribution is 2.29. The normalized spacial score (nSPS) is 10.6. The van der Waals surface area contributed by atoms with E-state index in [0.717, 1.165) is 0 Å². The van der Waals surface area contributed by atoms with Crippen molar-refractivity contribution in [3.8, 4) is 22.9 Å². The summed E-state index contributed by atoms with van der Waals surface area (Å²) in [6.45, 7) is 1.67. The molecule has 3 aromatic carbocycles. The van der Waals surface area contributed by atoms with Gasteiger partial charge in [-0.1, -0.05) is 36.4 Å². The number of para-hydroxylation sites is 2. The van der Waals surface area contributed by atoms with Crippen molar-refractivity contribution in [3.05, 3.63) is 99.4 Å². The Morgan fingerprint density at radius 1 is 1.03 bits per heavy atom. The first-order valence-corrected chi connectivity index (χ1v) is 8.91. The Morgan fingerprint density at radius 3 is 2.52 bits per heavy atom. The summed E-state index contributed by atoms with van der Waals surface area (Å²) < 4.78 is 5.78. The van der Waals surface area contributed by atoms with Crippen LogP contribution in [0, 0.1) is 18.3 Å². The average Bonchev–Trinajstić information content (AvgIpc) is 2.74. The van der Waals surface area contributed by atoms with Crippen LogP contribution in [0.15, 0.2) is 75.9 Å². The Kier molecular flexibility index (Phi) is 4.46. The summed E-state index contributed by atoms with van der Waals surface area (Å²) >= 11 is 0. The number of ketones is 1. The number of aryl methyl sites for hydroxylation is 1. The molecule has 1 heterocycles. The van der Waals surface area contributed by atoms with Gasteiger partial charge in [0.1, 0.15) is 17.1 Å². The van der Waals surface area contributed by atoms with Crippen molar-refractivity contribution < 1.29 is 14.3 Å². The molecule has 0 saturated heterocycles. The number of phenols is 1. The lowest BCUT2D eigenvalue weighted by atomic mass is 9.93. The Morgan fingerprint density at radius 2 is 1.76 bits per heavy atom. The quantitative estimate of drug-likeness (QED) is 0.525. The Bertz CT molecular complexity index is 1380. The molecule has 0 radical (unpaired) electrons. The van der Waals surface area contributed by atoms with Crippen molar-refractivity contribution >= 4 is 16.8 Å². The largest absolute Gasteiger partial charge is 0.507 e. The monoisotopic (exact) mass is 381 g/mol. The van der Waals surface area contributed by atoms with Crippen LogP contribution < -0.4 is 5.43 Å². The number of rotatable bonds is 3. The van der Waals surface area contributed by atoms with Crippen LogP contribution in [-0.4, -0.2) is 10.9 Å². The SMILES string of the molecule is Cc1oc2ccccc2c(=O)c1-c1ccc(C(=O)c2ccccc2O)cc1C#N. The number of nitriles is 1. The van der Waals surface area contributed by atoms with Gasteiger partial charge < -0.3 is 9.52 Å². The molecule has 0 aliphatic rings. The second-order valence-corrected chi connectivity index (χ2v) is 6.58. The molecule has 140 valence electrons. The molecule has 0 aliphatic heterocycles. The fraction of sp³-hybridized carbons (Fsp3) is 0.0417. The van der Waals surface area contributed by atoms with E-state index in [1.807, 2.05) is 0 Å². The van der Waals surface area contributed by atoms with Crippen molar-refractivity contribution in [2.75, 3.05) is 0 Å². The molecule has 0 atom stereocenters. The molecule has 0 spiro atoms. The van der Waals surface area contributed by atoms with Crippen molar-refractivity contribution in [3.63, 3.8) is 0 Å². The van der Waals surface area contributed by atoms with Gasteiger partial charge in [-0.15, -0.1) is 0 Å². The van der Waals surface area contributed by atoms with Gasteiger partial charge in [-0.05, 0) is 37.3 Å². The summed E-state index contributed by atoms with van der Waals surface area (Å²) in [5, 5.41) is 20.0. The van der Waals surface area contributed by atoms with Crippen molar-refractivity contribution in [2.24, 2.45) is 0 Å². The molecule has 5 heteroatoms. The molecule has 5 nitrogen and oxygen atoms in total. The minimum atomic E-state index is -0.409. The number of carbonyl (C=O) groups excluding carboxylic acids is 1. The van der Waals surface area contributed by atoms with E-state index in [4.69, 9.17) is 4.42 Å². The summed E-state index contributed by atoms with van der Waals surface area (Å²) in [6.07, 6.45) is 0. The molecular formula is C24H15NO4. The van der Waals surface area contributed by atoms with Gasteiger partial charge in [0.2, 0.25) is 5.43 Å². The zero-order valence-electron chi connectivity index (χ0n) is 15.5. The molecule has 0 saturated carbocycles. The summed E-state index contributed by atoms with van der Waals surface area (Å²) in [6, 6.07) is 19.7. The number of carbonyl (C=O) groups is 1. The minimum Gasteiger partial charge on any atom is -0.507 e. The molecule has 0 amide bonds. The highest BCUT2D eigenvalue weighted by Gasteiger charge is 2.19. The molecule has 0 aliphatic carbocycles. The van der Waals surface area contributed by atoms with Crippen LogP contribution in [0.1, 0.15) is 27.2 Å². The molecule has 0 fully saturated rings. The predicted molar refractivity (Wildman–Crippen MR) is 109 cm³/mol. The minimum absolute atomic E-state index is 0.133. The fourth-order valence-corrected chi connectivity index (χ4v) is 3.38. The number of aromatic hydroxyl groups is 1. The third-order valence-electron chi connectivity index (χ3n) is 4.79. The molecular weight excluding hydrogens is 366 g/mol. The molecule has 1 N–H and O–H groups in total. The Hall–Kier alpha value is -4.17. The van der Waals surface area contributed by atoms with Crippen molar-refractivity contribution in [1.29, 1.82) is 5.26 Å². The number of phenolic OH excluding ortho intramolecular Hbond substituents is 1. The zero-order chi connectivity index (χ0) is 20.5. The lowest BCUT2D eigenvalue weighted by Gasteiger charge is -2.10. The first kappa shape index (κ1) is 18.2. The van der Waals surface area contributed by atoms with Crippen molar-refractivity contribution in [2.45, 2.75) is 6.92 Å². The second kappa shape index (κ2) is 7.10. The molecule has 4 aromatic rings. The molecule has 0 bridgehead atoms. The van der Waals surface area contributed by atoms with E-state index in [2.05, 4.69) is 6.07 Å². The summed E-state index contributed by atoms with van der Waals surface area (Å²) in [4.78, 5) is 25.8. The van der Waals surface area contributed by atoms with Gasteiger partial charge in [0.05, 0.1) is 28.1 Å². The maximum atomic E-state index is 13.0. The van der Waals surface area contributed by atoms with Gasteiger partial charge in [-0.2, -0.15) is 5.26 Å². The maximum absolute atomic E-state index is 13.0. The van der Waals surface area contributed by atoms with Crippen molar-refractivity contribution in [1.82, 2.24) is 0 Å². The Balaban J connectivity index is 1.89. The van der Waals surface area contributed by atoms with Crippen LogP contribution in [0.2, 0.25) is 0 Å². The summed E-state index contributed by atoms with van der Waals surface area (Å²) in [5.74, 6) is -0.149. The van der Waals surface area contributed by atoms with Gasteiger partial charge in [0.25, 0.3) is 0 Å². The number of hydrogen-bond acceptors (Lipinski definition) is 5. The molecule has 0 unspecified atom stereocenters. The smallest absolute Gasteiger partial charge is 0.200 e. The molecule has 1 aromatic heterocycles. The highest BCUT2D eigenvalue weighted by molar-refractivity contribution is 6.11. The topological polar surface area (TPSA) is 91.3 Å². The summed E-state index contributed by atoms with van der Waals surface area (Å²) in [5.41, 5.74) is 1.50. The van der Waals surface area contributed by atoms with E-state index in [0.29, 0.717) is 27.9 Å². The third-order valence-corrected chi connectivity index (χ3v) is 4.79. The average molecular weight is 381 g/mol. The standard InChI is InChI=1S/C24H15NO4/c1-14-22(24(28)19-7-3-5-9-21(19)29-14)17-11-10-15(12-16(17)13-25)23(27)18-6-2-4-8-20(18)26/h2-12,26H,1H3. The van der Waals surface area contributed by atoms with Gasteiger partial charge in [-0.25, -0.2) is 0 Å². The zero-order valence-corrected chi connectivity index (χ0v) is 15.5. The number of nitrogens with zero attached hydrogens (tertiary/aromatic N) is 1. The van der Waals surface area contributed by atoms with E-state index in [-0.39, 0.29) is 27.9 Å². The van der Waals surface area contributed by atoms with Crippen LogP contribution >= 0.6 is 0 Å². The molecule has 29 heavy (non-hydrogen) atoms. The maximum Gasteiger partial charge on any atom is 0.200 e. The van der Waals surface area contributed by atoms with Gasteiger partial charge in [0, 0.05) is 11.1 Å². The fourth-order valence-electron chi connectivity index (χ4n) is 3.38. The lowest BCUT2D eigenvalue weighted by molar-refractivity contribution is 0.103. The first-order chi connectivity index (χ1) is 14.0. The van der Waals surface area contributed by atoms with E-state index in [9.17, 15) is 20.0 Å². The third kappa shape index (κ3) is 3.07. The van der Waals surface area contributed by atoms with Crippen LogP contribution in [0.3, 0.4) is 0 Å². The van der Waals surface area contributed by atoms with E-state index in [1.165, 1.54) is 18.2 Å². The highest BCUT2D eigenvalue weighted by atomic mass is 16.3. The van der Waals surface area contributed by atoms with Crippen LogP contribution in [0.5, 0.6) is 5.75 Å². The Labute approximate surface area is 166 Å². The van der Waals surface area contributed by atoms with Gasteiger partial charge in [0.15, 0.2) is 5.78 Å². The number of hydrogen-bond donors (Lipinski definition) is 1. The lowest BCUT2D eigenvalue weighted by Crippen LogP contribution is -2.09. The predicted octanol–water partition coefficient (Wildman–Crippen LogP) is 4.58. The van der Waals surface area contributed by atoms with E-state index in [1.54, 1.807) is 55.5 Å².